The maximum atomic E-state index is 12.8. The fourth-order valence-electron chi connectivity index (χ4n) is 2.45. The van der Waals surface area contributed by atoms with E-state index in [0.29, 0.717) is 21.7 Å². The van der Waals surface area contributed by atoms with Gasteiger partial charge in [-0.1, -0.05) is 12.1 Å². The second kappa shape index (κ2) is 7.41. The molecule has 1 aromatic carbocycles. The third-order valence-electron chi connectivity index (χ3n) is 3.84. The maximum Gasteiger partial charge on any atom is 0.267 e. The highest BCUT2D eigenvalue weighted by atomic mass is 32.2. The molecule has 3 rings (SSSR count). The molecule has 0 spiro atoms. The second-order valence-corrected chi connectivity index (χ2v) is 7.31. The molecule has 1 amide bonds. The summed E-state index contributed by atoms with van der Waals surface area (Å²) in [7, 11) is 1.64. The highest BCUT2D eigenvalue weighted by Gasteiger charge is 2.34. The van der Waals surface area contributed by atoms with Crippen LogP contribution in [-0.4, -0.2) is 34.6 Å². The van der Waals surface area contributed by atoms with Crippen molar-refractivity contribution in [1.29, 1.82) is 0 Å². The quantitative estimate of drug-likeness (QED) is 0.742. The number of aliphatic imine (C=N–C) groups is 1. The van der Waals surface area contributed by atoms with E-state index >= 15 is 0 Å². The summed E-state index contributed by atoms with van der Waals surface area (Å²) >= 11 is 2.89. The molecule has 1 aromatic heterocycles. The second-order valence-electron chi connectivity index (χ2n) is 5.50. The van der Waals surface area contributed by atoms with Gasteiger partial charge < -0.3 is 4.74 Å². The van der Waals surface area contributed by atoms with Crippen molar-refractivity contribution in [3.05, 3.63) is 45.8 Å². The van der Waals surface area contributed by atoms with Crippen LogP contribution < -0.4 is 4.74 Å². The maximum absolute atomic E-state index is 12.8. The van der Waals surface area contributed by atoms with Crippen molar-refractivity contribution in [2.24, 2.45) is 4.99 Å². The number of allylic oxidation sites excluding steroid dienone is 1. The van der Waals surface area contributed by atoms with Crippen LogP contribution in [0.15, 0.2) is 39.5 Å². The minimum Gasteiger partial charge on any atom is -0.497 e. The summed E-state index contributed by atoms with van der Waals surface area (Å²) in [6.07, 6.45) is 0. The number of rotatable bonds is 4. The molecule has 7 heteroatoms. The number of methoxy groups -OCH3 is 1. The third kappa shape index (κ3) is 3.62. The standard InChI is InChI=1S/C18H19N3O2S2/c1-5-21-16(22)15(12(3)13-6-8-14(23-4)9-7-13)25-18(21)20-17-19-11(2)10-24-17/h6-10H,5H2,1-4H3/b15-12-,20-18+. The van der Waals surface area contributed by atoms with E-state index in [1.165, 1.54) is 23.1 Å². The zero-order valence-corrected chi connectivity index (χ0v) is 16.2. The lowest BCUT2D eigenvalue weighted by atomic mass is 10.1. The van der Waals surface area contributed by atoms with Gasteiger partial charge in [0.1, 0.15) is 5.75 Å². The number of nitrogens with zero attached hydrogens (tertiary/aromatic N) is 3. The molecule has 130 valence electrons. The number of aromatic nitrogens is 1. The van der Waals surface area contributed by atoms with E-state index in [0.717, 1.165) is 22.6 Å². The van der Waals surface area contributed by atoms with Gasteiger partial charge in [-0.15, -0.1) is 11.3 Å². The summed E-state index contributed by atoms with van der Waals surface area (Å²) in [5.74, 6) is 0.788. The van der Waals surface area contributed by atoms with E-state index in [-0.39, 0.29) is 5.91 Å². The van der Waals surface area contributed by atoms with Crippen LogP contribution in [0, 0.1) is 6.92 Å². The van der Waals surface area contributed by atoms with E-state index in [1.807, 2.05) is 50.4 Å². The number of benzene rings is 1. The fourth-order valence-corrected chi connectivity index (χ4v) is 4.27. The first kappa shape index (κ1) is 17.7. The largest absolute Gasteiger partial charge is 0.497 e. The summed E-state index contributed by atoms with van der Waals surface area (Å²) < 4.78 is 5.19. The average molecular weight is 374 g/mol. The van der Waals surface area contributed by atoms with Gasteiger partial charge in [-0.3, -0.25) is 9.69 Å². The van der Waals surface area contributed by atoms with Crippen LogP contribution in [0.4, 0.5) is 5.13 Å². The summed E-state index contributed by atoms with van der Waals surface area (Å²) in [6.45, 7) is 6.43. The zero-order valence-electron chi connectivity index (χ0n) is 14.6. The predicted molar refractivity (Wildman–Crippen MR) is 105 cm³/mol. The van der Waals surface area contributed by atoms with Crippen LogP contribution in [0.1, 0.15) is 25.1 Å². The molecule has 0 N–H and O–H groups in total. The van der Waals surface area contributed by atoms with E-state index in [2.05, 4.69) is 9.98 Å². The van der Waals surface area contributed by atoms with Crippen molar-refractivity contribution < 1.29 is 9.53 Å². The molecule has 0 saturated carbocycles. The Labute approximate surface area is 155 Å². The summed E-state index contributed by atoms with van der Waals surface area (Å²) in [6, 6.07) is 7.72. The number of aryl methyl sites for hydroxylation is 1. The first-order valence-corrected chi connectivity index (χ1v) is 9.59. The molecular formula is C18H19N3O2S2. The van der Waals surface area contributed by atoms with Crippen LogP contribution in [0.5, 0.6) is 5.75 Å². The summed E-state index contributed by atoms with van der Waals surface area (Å²) in [5.41, 5.74) is 2.88. The Morgan fingerprint density at radius 1 is 1.32 bits per heavy atom. The lowest BCUT2D eigenvalue weighted by Gasteiger charge is -2.11. The Bertz CT molecular complexity index is 853. The fraction of sp³-hybridized carbons (Fsp3) is 0.278. The predicted octanol–water partition coefficient (Wildman–Crippen LogP) is 4.47. The number of carbonyl (C=O) groups is 1. The summed E-state index contributed by atoms with van der Waals surface area (Å²) in [5, 5.41) is 3.32. The molecule has 1 aliphatic heterocycles. The number of ether oxygens (including phenoxy) is 1. The number of hydrogen-bond acceptors (Lipinski definition) is 6. The van der Waals surface area contributed by atoms with Crippen LogP contribution in [0.25, 0.3) is 5.57 Å². The molecule has 2 aromatic rings. The molecule has 0 unspecified atom stereocenters. The molecule has 2 heterocycles. The highest BCUT2D eigenvalue weighted by Crippen LogP contribution is 2.38. The molecule has 1 saturated heterocycles. The van der Waals surface area contributed by atoms with Gasteiger partial charge in [-0.2, -0.15) is 4.99 Å². The van der Waals surface area contributed by atoms with Crippen LogP contribution in [0.2, 0.25) is 0 Å². The van der Waals surface area contributed by atoms with Gasteiger partial charge in [0.05, 0.1) is 17.7 Å². The Kier molecular flexibility index (Phi) is 5.24. The van der Waals surface area contributed by atoms with Crippen LogP contribution in [0.3, 0.4) is 0 Å². The van der Waals surface area contributed by atoms with Crippen LogP contribution in [-0.2, 0) is 4.79 Å². The molecule has 0 aliphatic carbocycles. The Morgan fingerprint density at radius 2 is 2.04 bits per heavy atom. The lowest BCUT2D eigenvalue weighted by Crippen LogP contribution is -2.28. The van der Waals surface area contributed by atoms with E-state index in [4.69, 9.17) is 4.74 Å². The Balaban J connectivity index is 1.96. The zero-order chi connectivity index (χ0) is 18.0. The SMILES string of the molecule is CCN1C(=O)/C(=C(\C)c2ccc(OC)cc2)S/C1=N/c1nc(C)cs1. The topological polar surface area (TPSA) is 54.8 Å². The number of carbonyl (C=O) groups excluding carboxylic acids is 1. The van der Waals surface area contributed by atoms with Gasteiger partial charge in [-0.05, 0) is 55.8 Å². The Morgan fingerprint density at radius 3 is 2.60 bits per heavy atom. The van der Waals surface area contributed by atoms with E-state index < -0.39 is 0 Å². The minimum atomic E-state index is -0.00662. The molecule has 25 heavy (non-hydrogen) atoms. The monoisotopic (exact) mass is 373 g/mol. The number of amides is 1. The van der Waals surface area contributed by atoms with E-state index in [9.17, 15) is 4.79 Å². The van der Waals surface area contributed by atoms with Gasteiger partial charge in [-0.25, -0.2) is 4.98 Å². The van der Waals surface area contributed by atoms with Gasteiger partial charge in [0.15, 0.2) is 5.17 Å². The smallest absolute Gasteiger partial charge is 0.267 e. The van der Waals surface area contributed by atoms with Gasteiger partial charge in [0.2, 0.25) is 5.13 Å². The minimum absolute atomic E-state index is 0.00662. The molecular weight excluding hydrogens is 354 g/mol. The lowest BCUT2D eigenvalue weighted by molar-refractivity contribution is -0.122. The molecule has 0 atom stereocenters. The van der Waals surface area contributed by atoms with Gasteiger partial charge >= 0.3 is 0 Å². The molecule has 1 fully saturated rings. The molecule has 1 aliphatic rings. The number of thioether (sulfide) groups is 1. The molecule has 0 radical (unpaired) electrons. The number of hydrogen-bond donors (Lipinski definition) is 0. The molecule has 0 bridgehead atoms. The van der Waals surface area contributed by atoms with Crippen molar-refractivity contribution in [2.45, 2.75) is 20.8 Å². The van der Waals surface area contributed by atoms with E-state index in [1.54, 1.807) is 12.0 Å². The highest BCUT2D eigenvalue weighted by molar-refractivity contribution is 8.18. The van der Waals surface area contributed by atoms with Crippen molar-refractivity contribution >= 4 is 44.9 Å². The van der Waals surface area contributed by atoms with Crippen molar-refractivity contribution in [3.63, 3.8) is 0 Å². The first-order valence-electron chi connectivity index (χ1n) is 7.89. The average Bonchev–Trinajstić information content (AvgIpc) is 3.17. The number of thiazole rings is 1. The third-order valence-corrected chi connectivity index (χ3v) is 5.87. The first-order chi connectivity index (χ1) is 12.0. The molecule has 5 nitrogen and oxygen atoms in total. The number of likely N-dealkylation sites (N-methyl/N-ethyl adjacent to an activating group) is 1. The Hall–Kier alpha value is -2.12. The van der Waals surface area contributed by atoms with Gasteiger partial charge in [0, 0.05) is 11.9 Å². The number of amidine groups is 1. The van der Waals surface area contributed by atoms with Crippen molar-refractivity contribution in [2.75, 3.05) is 13.7 Å². The normalized spacial score (nSPS) is 18.2. The van der Waals surface area contributed by atoms with Crippen molar-refractivity contribution in [1.82, 2.24) is 9.88 Å². The van der Waals surface area contributed by atoms with Crippen molar-refractivity contribution in [3.8, 4) is 5.75 Å². The van der Waals surface area contributed by atoms with Crippen LogP contribution >= 0.6 is 23.1 Å². The van der Waals surface area contributed by atoms with Gasteiger partial charge in [0.25, 0.3) is 5.91 Å². The summed E-state index contributed by atoms with van der Waals surface area (Å²) in [4.78, 5) is 24.1.